The normalized spacial score (nSPS) is 13.1. The molecule has 84 valence electrons. The van der Waals surface area contributed by atoms with Crippen LogP contribution in [0.4, 0.5) is 4.39 Å². The minimum atomic E-state index is -0.111. The summed E-state index contributed by atoms with van der Waals surface area (Å²) in [6.07, 6.45) is 0.910. The maximum absolute atomic E-state index is 13.5. The van der Waals surface area contributed by atoms with Gasteiger partial charge in [0.1, 0.15) is 5.82 Å². The van der Waals surface area contributed by atoms with Crippen LogP contribution in [-0.4, -0.2) is 6.54 Å². The molecule has 0 spiro atoms. The van der Waals surface area contributed by atoms with Crippen LogP contribution in [0.1, 0.15) is 38.8 Å². The monoisotopic (exact) mass is 209 g/mol. The van der Waals surface area contributed by atoms with E-state index in [-0.39, 0.29) is 11.9 Å². The van der Waals surface area contributed by atoms with Crippen LogP contribution in [0.15, 0.2) is 24.3 Å². The summed E-state index contributed by atoms with van der Waals surface area (Å²) in [6.45, 7) is 7.30. The van der Waals surface area contributed by atoms with E-state index in [1.807, 2.05) is 12.1 Å². The van der Waals surface area contributed by atoms with Crippen LogP contribution < -0.4 is 5.32 Å². The molecule has 0 bridgehead atoms. The molecule has 0 aliphatic rings. The number of benzene rings is 1. The van der Waals surface area contributed by atoms with Crippen molar-refractivity contribution in [2.24, 2.45) is 5.92 Å². The summed E-state index contributed by atoms with van der Waals surface area (Å²) in [7, 11) is 0. The number of hydrogen-bond acceptors (Lipinski definition) is 1. The van der Waals surface area contributed by atoms with E-state index in [2.05, 4.69) is 26.1 Å². The lowest BCUT2D eigenvalue weighted by molar-refractivity contribution is 0.449. The van der Waals surface area contributed by atoms with Crippen molar-refractivity contribution in [2.75, 3.05) is 6.54 Å². The third-order valence-electron chi connectivity index (χ3n) is 2.46. The average molecular weight is 209 g/mol. The van der Waals surface area contributed by atoms with E-state index >= 15 is 0 Å². The molecule has 1 rings (SSSR count). The number of halogens is 1. The third-order valence-corrected chi connectivity index (χ3v) is 2.46. The van der Waals surface area contributed by atoms with Gasteiger partial charge in [-0.25, -0.2) is 4.39 Å². The Morgan fingerprint density at radius 1 is 1.27 bits per heavy atom. The van der Waals surface area contributed by atoms with Gasteiger partial charge in [-0.1, -0.05) is 39.0 Å². The summed E-state index contributed by atoms with van der Waals surface area (Å²) in [4.78, 5) is 0. The van der Waals surface area contributed by atoms with Crippen molar-refractivity contribution in [2.45, 2.75) is 33.2 Å². The Labute approximate surface area is 91.7 Å². The van der Waals surface area contributed by atoms with Crippen LogP contribution in [0.5, 0.6) is 0 Å². The molecule has 0 saturated heterocycles. The maximum Gasteiger partial charge on any atom is 0.127 e. The van der Waals surface area contributed by atoms with E-state index in [9.17, 15) is 4.39 Å². The number of rotatable bonds is 5. The minimum absolute atomic E-state index is 0.111. The first-order valence-corrected chi connectivity index (χ1v) is 5.63. The van der Waals surface area contributed by atoms with Crippen LogP contribution in [0.3, 0.4) is 0 Å². The second kappa shape index (κ2) is 5.86. The van der Waals surface area contributed by atoms with Crippen molar-refractivity contribution in [3.63, 3.8) is 0 Å². The Morgan fingerprint density at radius 3 is 2.47 bits per heavy atom. The van der Waals surface area contributed by atoms with Gasteiger partial charge in [-0.05, 0) is 24.9 Å². The zero-order valence-corrected chi connectivity index (χ0v) is 9.76. The summed E-state index contributed by atoms with van der Waals surface area (Å²) in [5.41, 5.74) is 0.778. The molecule has 0 radical (unpaired) electrons. The second-order valence-electron chi connectivity index (χ2n) is 4.28. The van der Waals surface area contributed by atoms with E-state index in [4.69, 9.17) is 0 Å². The molecule has 15 heavy (non-hydrogen) atoms. The molecule has 1 N–H and O–H groups in total. The fraction of sp³-hybridized carbons (Fsp3) is 0.538. The van der Waals surface area contributed by atoms with E-state index in [1.54, 1.807) is 6.07 Å². The van der Waals surface area contributed by atoms with Gasteiger partial charge in [-0.15, -0.1) is 0 Å². The highest BCUT2D eigenvalue weighted by atomic mass is 19.1. The highest BCUT2D eigenvalue weighted by Crippen LogP contribution is 2.19. The highest BCUT2D eigenvalue weighted by molar-refractivity contribution is 5.21. The number of hydrogen-bond donors (Lipinski definition) is 1. The Kier molecular flexibility index (Phi) is 4.76. The van der Waals surface area contributed by atoms with Gasteiger partial charge in [-0.2, -0.15) is 0 Å². The van der Waals surface area contributed by atoms with Gasteiger partial charge in [-0.3, -0.25) is 0 Å². The maximum atomic E-state index is 13.5. The first kappa shape index (κ1) is 12.2. The van der Waals surface area contributed by atoms with E-state index in [0.29, 0.717) is 5.92 Å². The topological polar surface area (TPSA) is 12.0 Å². The van der Waals surface area contributed by atoms with Gasteiger partial charge in [0.15, 0.2) is 0 Å². The molecule has 0 fully saturated rings. The molecule has 0 aliphatic carbocycles. The molecular formula is C13H20FN. The predicted octanol–water partition coefficient (Wildman–Crippen LogP) is 3.52. The number of nitrogens with one attached hydrogen (secondary N) is 1. The van der Waals surface area contributed by atoms with Gasteiger partial charge >= 0.3 is 0 Å². The van der Waals surface area contributed by atoms with Gasteiger partial charge in [0.05, 0.1) is 0 Å². The molecule has 0 aliphatic heterocycles. The quantitative estimate of drug-likeness (QED) is 0.782. The average Bonchev–Trinajstić information content (AvgIpc) is 2.21. The van der Waals surface area contributed by atoms with E-state index in [1.165, 1.54) is 6.07 Å². The molecule has 1 nitrogen and oxygen atoms in total. The lowest BCUT2D eigenvalue weighted by atomic mass is 10.0. The fourth-order valence-corrected chi connectivity index (χ4v) is 1.61. The van der Waals surface area contributed by atoms with Gasteiger partial charge < -0.3 is 5.32 Å². The van der Waals surface area contributed by atoms with Crippen LogP contribution >= 0.6 is 0 Å². The van der Waals surface area contributed by atoms with E-state index in [0.717, 1.165) is 18.5 Å². The van der Waals surface area contributed by atoms with Crippen LogP contribution in [0.25, 0.3) is 0 Å². The lowest BCUT2D eigenvalue weighted by Crippen LogP contribution is -2.25. The van der Waals surface area contributed by atoms with Gasteiger partial charge in [0, 0.05) is 11.6 Å². The first-order chi connectivity index (χ1) is 7.15. The van der Waals surface area contributed by atoms with Crippen molar-refractivity contribution in [3.8, 4) is 0 Å². The smallest absolute Gasteiger partial charge is 0.127 e. The molecule has 1 aromatic rings. The van der Waals surface area contributed by atoms with Crippen molar-refractivity contribution in [1.29, 1.82) is 0 Å². The zero-order chi connectivity index (χ0) is 11.3. The van der Waals surface area contributed by atoms with Crippen molar-refractivity contribution < 1.29 is 4.39 Å². The largest absolute Gasteiger partial charge is 0.310 e. The lowest BCUT2D eigenvalue weighted by Gasteiger charge is -2.19. The van der Waals surface area contributed by atoms with Crippen LogP contribution in [0.2, 0.25) is 0 Å². The molecule has 1 atom stereocenters. The third kappa shape index (κ3) is 3.63. The van der Waals surface area contributed by atoms with E-state index < -0.39 is 0 Å². The van der Waals surface area contributed by atoms with Crippen molar-refractivity contribution in [1.82, 2.24) is 5.32 Å². The molecule has 0 amide bonds. The molecule has 1 aromatic carbocycles. The Morgan fingerprint density at radius 2 is 1.93 bits per heavy atom. The predicted molar refractivity (Wildman–Crippen MR) is 62.3 cm³/mol. The summed E-state index contributed by atoms with van der Waals surface area (Å²) < 4.78 is 13.5. The summed E-state index contributed by atoms with van der Waals surface area (Å²) in [5.74, 6) is 0.478. The van der Waals surface area contributed by atoms with Crippen LogP contribution in [0, 0.1) is 11.7 Å². The Bertz CT molecular complexity index is 296. The molecule has 0 saturated carbocycles. The molecule has 0 aromatic heterocycles. The standard InChI is InChI=1S/C13H20FN/c1-4-13(15-9-10(2)3)11-7-5-6-8-12(11)14/h5-8,10,13,15H,4,9H2,1-3H3. The minimum Gasteiger partial charge on any atom is -0.310 e. The van der Waals surface area contributed by atoms with Crippen LogP contribution in [-0.2, 0) is 0 Å². The van der Waals surface area contributed by atoms with Gasteiger partial charge in [0.25, 0.3) is 0 Å². The summed E-state index contributed by atoms with van der Waals surface area (Å²) in [6, 6.07) is 7.13. The van der Waals surface area contributed by atoms with Crippen molar-refractivity contribution >= 4 is 0 Å². The second-order valence-corrected chi connectivity index (χ2v) is 4.28. The molecule has 1 unspecified atom stereocenters. The fourth-order valence-electron chi connectivity index (χ4n) is 1.61. The first-order valence-electron chi connectivity index (χ1n) is 5.63. The Hall–Kier alpha value is -0.890. The Balaban J connectivity index is 2.70. The molecular weight excluding hydrogens is 189 g/mol. The highest BCUT2D eigenvalue weighted by Gasteiger charge is 2.12. The zero-order valence-electron chi connectivity index (χ0n) is 9.76. The molecule has 0 heterocycles. The summed E-state index contributed by atoms with van der Waals surface area (Å²) >= 11 is 0. The summed E-state index contributed by atoms with van der Waals surface area (Å²) in [5, 5.41) is 3.39. The SMILES string of the molecule is CCC(NCC(C)C)c1ccccc1F. The van der Waals surface area contributed by atoms with Crippen molar-refractivity contribution in [3.05, 3.63) is 35.6 Å². The van der Waals surface area contributed by atoms with Gasteiger partial charge in [0.2, 0.25) is 0 Å². The molecule has 2 heteroatoms.